The summed E-state index contributed by atoms with van der Waals surface area (Å²) in [6.45, 7) is 5.78. The number of carbonyl (C=O) groups excluding carboxylic acids is 2. The predicted octanol–water partition coefficient (Wildman–Crippen LogP) is 1.27. The maximum atomic E-state index is 13.8. The maximum Gasteiger partial charge on any atom is 0.340 e. The fourth-order valence-electron chi connectivity index (χ4n) is 3.99. The molecule has 4 rings (SSSR count). The minimum absolute atomic E-state index is 0.0500. The Kier molecular flexibility index (Phi) is 3.59. The molecule has 3 N–H and O–H groups in total. The SMILES string of the molecule is C=CCN1C(=O)C2(C(C(=O)OC)=C(N)Oc3n[nH]c(C)c32)c2ccccc21. The predicted molar refractivity (Wildman–Crippen MR) is 97.0 cm³/mol. The molecule has 2 aliphatic heterocycles. The summed E-state index contributed by atoms with van der Waals surface area (Å²) in [4.78, 5) is 28.1. The van der Waals surface area contributed by atoms with E-state index < -0.39 is 11.4 Å². The Bertz CT molecular complexity index is 1020. The van der Waals surface area contributed by atoms with Gasteiger partial charge in [-0.25, -0.2) is 4.79 Å². The lowest BCUT2D eigenvalue weighted by atomic mass is 9.68. The van der Waals surface area contributed by atoms with Crippen molar-refractivity contribution in [2.45, 2.75) is 12.3 Å². The Balaban J connectivity index is 2.15. The van der Waals surface area contributed by atoms with Crippen LogP contribution in [0.5, 0.6) is 5.88 Å². The van der Waals surface area contributed by atoms with Gasteiger partial charge in [0.05, 0.1) is 12.7 Å². The van der Waals surface area contributed by atoms with Crippen LogP contribution in [-0.2, 0) is 19.7 Å². The number of hydrogen-bond donors (Lipinski definition) is 2. The summed E-state index contributed by atoms with van der Waals surface area (Å²) in [5, 5.41) is 6.95. The van der Waals surface area contributed by atoms with Gasteiger partial charge in [0, 0.05) is 23.5 Å². The first-order chi connectivity index (χ1) is 13.0. The molecule has 1 spiro atoms. The smallest absolute Gasteiger partial charge is 0.340 e. The Labute approximate surface area is 155 Å². The van der Waals surface area contributed by atoms with Gasteiger partial charge in [0.15, 0.2) is 0 Å². The van der Waals surface area contributed by atoms with Crippen molar-refractivity contribution in [3.63, 3.8) is 0 Å². The number of H-pyrrole nitrogens is 1. The number of carbonyl (C=O) groups is 2. The van der Waals surface area contributed by atoms with E-state index in [9.17, 15) is 9.59 Å². The second-order valence-corrected chi connectivity index (χ2v) is 6.33. The molecule has 2 aromatic rings. The highest BCUT2D eigenvalue weighted by Crippen LogP contribution is 2.55. The van der Waals surface area contributed by atoms with Gasteiger partial charge in [0.25, 0.3) is 0 Å². The number of ether oxygens (including phenoxy) is 2. The van der Waals surface area contributed by atoms with Gasteiger partial charge in [0.1, 0.15) is 11.0 Å². The summed E-state index contributed by atoms with van der Waals surface area (Å²) < 4.78 is 10.5. The van der Waals surface area contributed by atoms with E-state index in [2.05, 4.69) is 16.8 Å². The van der Waals surface area contributed by atoms with E-state index in [-0.39, 0.29) is 29.8 Å². The molecule has 2 aliphatic rings. The fraction of sp³-hybridized carbons (Fsp3) is 0.211. The molecule has 0 aliphatic carbocycles. The number of methoxy groups -OCH3 is 1. The minimum Gasteiger partial charge on any atom is -0.465 e. The number of anilines is 1. The molecular formula is C19H18N4O4. The van der Waals surface area contributed by atoms with Gasteiger partial charge in [-0.05, 0) is 13.0 Å². The molecule has 1 unspecified atom stereocenters. The molecule has 0 saturated heterocycles. The molecule has 0 fully saturated rings. The molecule has 1 amide bonds. The molecule has 1 aromatic heterocycles. The van der Waals surface area contributed by atoms with Crippen LogP contribution in [0, 0.1) is 6.92 Å². The van der Waals surface area contributed by atoms with Crippen LogP contribution in [0.1, 0.15) is 16.8 Å². The Morgan fingerprint density at radius 1 is 1.48 bits per heavy atom. The maximum absolute atomic E-state index is 13.8. The molecule has 3 heterocycles. The monoisotopic (exact) mass is 366 g/mol. The number of aromatic amines is 1. The van der Waals surface area contributed by atoms with Crippen LogP contribution in [-0.4, -0.2) is 35.7 Å². The Hall–Kier alpha value is -3.55. The van der Waals surface area contributed by atoms with Crippen LogP contribution in [0.3, 0.4) is 0 Å². The van der Waals surface area contributed by atoms with Crippen molar-refractivity contribution in [1.29, 1.82) is 0 Å². The normalized spacial score (nSPS) is 20.4. The number of fused-ring (bicyclic) bond motifs is 4. The van der Waals surface area contributed by atoms with Gasteiger partial charge < -0.3 is 20.1 Å². The van der Waals surface area contributed by atoms with Gasteiger partial charge in [-0.1, -0.05) is 24.3 Å². The molecule has 1 atom stereocenters. The number of para-hydroxylation sites is 1. The highest BCUT2D eigenvalue weighted by atomic mass is 16.5. The van der Waals surface area contributed by atoms with E-state index in [1.165, 1.54) is 7.11 Å². The number of nitrogens with one attached hydrogen (secondary N) is 1. The van der Waals surface area contributed by atoms with Crippen LogP contribution < -0.4 is 15.4 Å². The van der Waals surface area contributed by atoms with Crippen molar-refractivity contribution in [1.82, 2.24) is 10.2 Å². The lowest BCUT2D eigenvalue weighted by Crippen LogP contribution is -2.48. The Morgan fingerprint density at radius 2 is 2.22 bits per heavy atom. The zero-order valence-electron chi connectivity index (χ0n) is 14.9. The number of nitrogens with two attached hydrogens (primary N) is 1. The van der Waals surface area contributed by atoms with Gasteiger partial charge in [-0.3, -0.25) is 9.89 Å². The van der Waals surface area contributed by atoms with Crippen molar-refractivity contribution < 1.29 is 19.1 Å². The molecule has 0 bridgehead atoms. The number of amides is 1. The van der Waals surface area contributed by atoms with Crippen LogP contribution in [0.2, 0.25) is 0 Å². The van der Waals surface area contributed by atoms with Crippen molar-refractivity contribution in [3.05, 3.63) is 65.2 Å². The molecule has 1 aromatic carbocycles. The third-order valence-electron chi connectivity index (χ3n) is 4.98. The van der Waals surface area contributed by atoms with Gasteiger partial charge in [0.2, 0.25) is 17.7 Å². The Morgan fingerprint density at radius 3 is 2.93 bits per heavy atom. The van der Waals surface area contributed by atoms with Crippen LogP contribution in [0.25, 0.3) is 0 Å². The second kappa shape index (κ2) is 5.73. The van der Waals surface area contributed by atoms with Crippen LogP contribution >= 0.6 is 0 Å². The highest BCUT2D eigenvalue weighted by molar-refractivity contribution is 6.18. The average Bonchev–Trinajstić information content (AvgIpc) is 3.14. The van der Waals surface area contributed by atoms with E-state index in [0.29, 0.717) is 22.5 Å². The summed E-state index contributed by atoms with van der Waals surface area (Å²) in [6.07, 6.45) is 1.63. The standard InChI is InChI=1S/C19H18N4O4/c1-4-9-23-12-8-6-5-7-11(12)19(18(23)25)13-10(2)21-22-16(13)27-15(20)14(19)17(24)26-3/h4-8H,1,9,20H2,2-3H3,(H,21,22). The van der Waals surface area contributed by atoms with Crippen LogP contribution in [0.15, 0.2) is 48.4 Å². The molecule has 27 heavy (non-hydrogen) atoms. The minimum atomic E-state index is -1.50. The molecule has 0 saturated carbocycles. The topological polar surface area (TPSA) is 111 Å². The first kappa shape index (κ1) is 16.9. The van der Waals surface area contributed by atoms with Gasteiger partial charge in [-0.2, -0.15) is 0 Å². The number of aromatic nitrogens is 2. The van der Waals surface area contributed by atoms with Crippen molar-refractivity contribution >= 4 is 17.6 Å². The lowest BCUT2D eigenvalue weighted by Gasteiger charge is -2.34. The van der Waals surface area contributed by atoms with Crippen molar-refractivity contribution in [2.24, 2.45) is 5.73 Å². The quantitative estimate of drug-likeness (QED) is 0.625. The molecule has 138 valence electrons. The third kappa shape index (κ3) is 1.95. The summed E-state index contributed by atoms with van der Waals surface area (Å²) in [6, 6.07) is 7.25. The van der Waals surface area contributed by atoms with Crippen molar-refractivity contribution in [2.75, 3.05) is 18.6 Å². The van der Waals surface area contributed by atoms with Crippen molar-refractivity contribution in [3.8, 4) is 5.88 Å². The van der Waals surface area contributed by atoms with E-state index >= 15 is 0 Å². The van der Waals surface area contributed by atoms with Gasteiger partial charge >= 0.3 is 5.97 Å². The zero-order valence-corrected chi connectivity index (χ0v) is 14.9. The molecule has 8 heteroatoms. The summed E-state index contributed by atoms with van der Waals surface area (Å²) in [7, 11) is 1.24. The largest absolute Gasteiger partial charge is 0.465 e. The van der Waals surface area contributed by atoms with Crippen LogP contribution in [0.4, 0.5) is 5.69 Å². The first-order valence-electron chi connectivity index (χ1n) is 8.32. The molecular weight excluding hydrogens is 348 g/mol. The fourth-order valence-corrected chi connectivity index (χ4v) is 3.99. The zero-order chi connectivity index (χ0) is 19.3. The molecule has 0 radical (unpaired) electrons. The van der Waals surface area contributed by atoms with E-state index in [1.807, 2.05) is 12.1 Å². The van der Waals surface area contributed by atoms with E-state index in [0.717, 1.165) is 0 Å². The van der Waals surface area contributed by atoms with E-state index in [4.69, 9.17) is 15.2 Å². The number of nitrogens with zero attached hydrogens (tertiary/aromatic N) is 2. The number of benzene rings is 1. The third-order valence-corrected chi connectivity index (χ3v) is 4.98. The summed E-state index contributed by atoms with van der Waals surface area (Å²) >= 11 is 0. The average molecular weight is 366 g/mol. The number of hydrogen-bond acceptors (Lipinski definition) is 6. The second-order valence-electron chi connectivity index (χ2n) is 6.33. The van der Waals surface area contributed by atoms with E-state index in [1.54, 1.807) is 30.0 Å². The molecule has 8 nitrogen and oxygen atoms in total. The number of aryl methyl sites for hydroxylation is 1. The summed E-state index contributed by atoms with van der Waals surface area (Å²) in [5.74, 6) is -1.10. The number of esters is 1. The lowest BCUT2D eigenvalue weighted by molar-refractivity contribution is -0.138. The van der Waals surface area contributed by atoms with Gasteiger partial charge in [-0.15, -0.1) is 11.7 Å². The number of rotatable bonds is 3. The first-order valence-corrected chi connectivity index (χ1v) is 8.32. The highest BCUT2D eigenvalue weighted by Gasteiger charge is 2.62. The summed E-state index contributed by atoms with van der Waals surface area (Å²) in [5.41, 5.74) is 6.89.